The molecule has 3 nitrogen and oxygen atoms in total. The lowest BCUT2D eigenvalue weighted by Gasteiger charge is -2.10. The molecule has 0 unspecified atom stereocenters. The van der Waals surface area contributed by atoms with Crippen LogP contribution in [0.5, 0.6) is 11.6 Å². The van der Waals surface area contributed by atoms with E-state index in [9.17, 15) is 0 Å². The lowest BCUT2D eigenvalue weighted by atomic mass is 10.2. The first-order chi connectivity index (χ1) is 9.19. The van der Waals surface area contributed by atoms with Crippen LogP contribution in [0.15, 0.2) is 36.4 Å². The van der Waals surface area contributed by atoms with Gasteiger partial charge in [0, 0.05) is 17.6 Å². The zero-order valence-electron chi connectivity index (χ0n) is 11.1. The third kappa shape index (κ3) is 3.86. The van der Waals surface area contributed by atoms with Crippen molar-refractivity contribution in [2.75, 3.05) is 11.9 Å². The number of benzene rings is 1. The van der Waals surface area contributed by atoms with E-state index in [1.807, 2.05) is 43.3 Å². The summed E-state index contributed by atoms with van der Waals surface area (Å²) in [5, 5.41) is 3.94. The molecular weight excluding hydrogens is 260 g/mol. The maximum absolute atomic E-state index is 5.92. The van der Waals surface area contributed by atoms with Gasteiger partial charge in [-0.15, -0.1) is 0 Å². The highest BCUT2D eigenvalue weighted by atomic mass is 35.5. The second kappa shape index (κ2) is 6.43. The van der Waals surface area contributed by atoms with Gasteiger partial charge in [0.15, 0.2) is 0 Å². The number of ether oxygens (including phenoxy) is 1. The first-order valence-corrected chi connectivity index (χ1v) is 6.72. The van der Waals surface area contributed by atoms with E-state index in [1.165, 1.54) is 0 Å². The first-order valence-electron chi connectivity index (χ1n) is 6.34. The van der Waals surface area contributed by atoms with E-state index in [0.29, 0.717) is 10.9 Å². The smallest absolute Gasteiger partial charge is 0.221 e. The summed E-state index contributed by atoms with van der Waals surface area (Å²) in [5.74, 6) is 2.17. The van der Waals surface area contributed by atoms with Gasteiger partial charge in [0.2, 0.25) is 5.88 Å². The largest absolute Gasteiger partial charge is 0.439 e. The lowest BCUT2D eigenvalue weighted by Crippen LogP contribution is -2.02. The fourth-order valence-corrected chi connectivity index (χ4v) is 1.89. The Morgan fingerprint density at radius 2 is 2.11 bits per heavy atom. The van der Waals surface area contributed by atoms with Crippen molar-refractivity contribution in [1.29, 1.82) is 0 Å². The minimum absolute atomic E-state index is 0.575. The number of halogens is 1. The molecule has 0 fully saturated rings. The lowest BCUT2D eigenvalue weighted by molar-refractivity contribution is 0.460. The van der Waals surface area contributed by atoms with Crippen LogP contribution in [0.2, 0.25) is 5.02 Å². The molecule has 0 bridgehead atoms. The number of aryl methyl sites for hydroxylation is 1. The second-order valence-corrected chi connectivity index (χ2v) is 4.74. The SMILES string of the molecule is CCCNc1cccc(Oc2ccc(Cl)cc2C)n1. The molecule has 19 heavy (non-hydrogen) atoms. The fraction of sp³-hybridized carbons (Fsp3) is 0.267. The first kappa shape index (κ1) is 13.7. The Morgan fingerprint density at radius 3 is 2.84 bits per heavy atom. The quantitative estimate of drug-likeness (QED) is 0.862. The summed E-state index contributed by atoms with van der Waals surface area (Å²) in [6.45, 7) is 4.97. The van der Waals surface area contributed by atoms with Crippen molar-refractivity contribution in [3.8, 4) is 11.6 Å². The number of aromatic nitrogens is 1. The number of nitrogens with one attached hydrogen (secondary N) is 1. The topological polar surface area (TPSA) is 34.1 Å². The van der Waals surface area contributed by atoms with Crippen molar-refractivity contribution in [1.82, 2.24) is 4.98 Å². The van der Waals surface area contributed by atoms with E-state index < -0.39 is 0 Å². The molecule has 0 radical (unpaired) electrons. The average Bonchev–Trinajstić information content (AvgIpc) is 2.40. The van der Waals surface area contributed by atoms with Crippen LogP contribution in [-0.2, 0) is 0 Å². The van der Waals surface area contributed by atoms with Gasteiger partial charge in [-0.25, -0.2) is 0 Å². The molecule has 1 heterocycles. The highest BCUT2D eigenvalue weighted by molar-refractivity contribution is 6.30. The van der Waals surface area contributed by atoms with Gasteiger partial charge in [0.1, 0.15) is 11.6 Å². The second-order valence-electron chi connectivity index (χ2n) is 4.30. The molecule has 0 saturated carbocycles. The Bertz CT molecular complexity index is 558. The molecule has 100 valence electrons. The number of pyridine rings is 1. The summed E-state index contributed by atoms with van der Waals surface area (Å²) < 4.78 is 5.78. The predicted octanol–water partition coefficient (Wildman–Crippen LogP) is 4.66. The Morgan fingerprint density at radius 1 is 1.26 bits per heavy atom. The molecule has 4 heteroatoms. The molecule has 1 aromatic carbocycles. The normalized spacial score (nSPS) is 10.3. The Balaban J connectivity index is 2.14. The van der Waals surface area contributed by atoms with Crippen molar-refractivity contribution < 1.29 is 4.74 Å². The van der Waals surface area contributed by atoms with Crippen LogP contribution in [0, 0.1) is 6.92 Å². The van der Waals surface area contributed by atoms with E-state index in [0.717, 1.165) is 30.1 Å². The van der Waals surface area contributed by atoms with Crippen molar-refractivity contribution in [3.63, 3.8) is 0 Å². The Kier molecular flexibility index (Phi) is 4.63. The summed E-state index contributed by atoms with van der Waals surface area (Å²) in [6, 6.07) is 11.2. The van der Waals surface area contributed by atoms with E-state index in [1.54, 1.807) is 0 Å². The van der Waals surface area contributed by atoms with Crippen LogP contribution in [0.3, 0.4) is 0 Å². The van der Waals surface area contributed by atoms with Gasteiger partial charge >= 0.3 is 0 Å². The Hall–Kier alpha value is -1.74. The van der Waals surface area contributed by atoms with Gasteiger partial charge in [-0.1, -0.05) is 24.6 Å². The molecular formula is C15H17ClN2O. The molecule has 0 amide bonds. The van der Waals surface area contributed by atoms with Crippen molar-refractivity contribution in [3.05, 3.63) is 47.0 Å². The number of hydrogen-bond donors (Lipinski definition) is 1. The molecule has 2 aromatic rings. The molecule has 0 saturated heterocycles. The van der Waals surface area contributed by atoms with Crippen molar-refractivity contribution in [2.45, 2.75) is 20.3 Å². The average molecular weight is 277 g/mol. The summed E-state index contributed by atoms with van der Waals surface area (Å²) in [4.78, 5) is 4.40. The van der Waals surface area contributed by atoms with E-state index in [-0.39, 0.29) is 0 Å². The van der Waals surface area contributed by atoms with Gasteiger partial charge in [-0.05, 0) is 43.2 Å². The van der Waals surface area contributed by atoms with Crippen LogP contribution >= 0.6 is 11.6 Å². The zero-order chi connectivity index (χ0) is 13.7. The van der Waals surface area contributed by atoms with E-state index in [4.69, 9.17) is 16.3 Å². The van der Waals surface area contributed by atoms with Gasteiger partial charge in [-0.2, -0.15) is 4.98 Å². The molecule has 1 N–H and O–H groups in total. The summed E-state index contributed by atoms with van der Waals surface area (Å²) in [7, 11) is 0. The number of anilines is 1. The minimum atomic E-state index is 0.575. The van der Waals surface area contributed by atoms with Crippen molar-refractivity contribution >= 4 is 17.4 Å². The molecule has 0 spiro atoms. The molecule has 2 rings (SSSR count). The standard InChI is InChI=1S/C15H17ClN2O/c1-3-9-17-14-5-4-6-15(18-14)19-13-8-7-12(16)10-11(13)2/h4-8,10H,3,9H2,1-2H3,(H,17,18). The number of rotatable bonds is 5. The fourth-order valence-electron chi connectivity index (χ4n) is 1.66. The van der Waals surface area contributed by atoms with Crippen LogP contribution in [-0.4, -0.2) is 11.5 Å². The molecule has 0 aliphatic carbocycles. The van der Waals surface area contributed by atoms with Gasteiger partial charge in [0.05, 0.1) is 0 Å². The monoisotopic (exact) mass is 276 g/mol. The van der Waals surface area contributed by atoms with E-state index >= 15 is 0 Å². The molecule has 0 atom stereocenters. The summed E-state index contributed by atoms with van der Waals surface area (Å²) >= 11 is 5.92. The molecule has 1 aromatic heterocycles. The summed E-state index contributed by atoms with van der Waals surface area (Å²) in [6.07, 6.45) is 1.06. The Labute approximate surface area is 118 Å². The zero-order valence-corrected chi connectivity index (χ0v) is 11.9. The number of hydrogen-bond acceptors (Lipinski definition) is 3. The minimum Gasteiger partial charge on any atom is -0.439 e. The van der Waals surface area contributed by atoms with Crippen LogP contribution in [0.25, 0.3) is 0 Å². The van der Waals surface area contributed by atoms with Crippen LogP contribution in [0.1, 0.15) is 18.9 Å². The van der Waals surface area contributed by atoms with Gasteiger partial charge < -0.3 is 10.1 Å². The highest BCUT2D eigenvalue weighted by Gasteiger charge is 2.04. The third-order valence-corrected chi connectivity index (χ3v) is 2.87. The number of nitrogens with zero attached hydrogens (tertiary/aromatic N) is 1. The summed E-state index contributed by atoms with van der Waals surface area (Å²) in [5.41, 5.74) is 0.987. The molecule has 0 aliphatic heterocycles. The maximum Gasteiger partial charge on any atom is 0.221 e. The van der Waals surface area contributed by atoms with Gasteiger partial charge in [0.25, 0.3) is 0 Å². The third-order valence-electron chi connectivity index (χ3n) is 2.63. The van der Waals surface area contributed by atoms with Crippen LogP contribution in [0.4, 0.5) is 5.82 Å². The van der Waals surface area contributed by atoms with Crippen molar-refractivity contribution in [2.24, 2.45) is 0 Å². The predicted molar refractivity (Wildman–Crippen MR) is 79.3 cm³/mol. The van der Waals surface area contributed by atoms with Crippen LogP contribution < -0.4 is 10.1 Å². The molecule has 0 aliphatic rings. The highest BCUT2D eigenvalue weighted by Crippen LogP contribution is 2.26. The van der Waals surface area contributed by atoms with Gasteiger partial charge in [-0.3, -0.25) is 0 Å². The van der Waals surface area contributed by atoms with E-state index in [2.05, 4.69) is 17.2 Å². The maximum atomic E-state index is 5.92.